The van der Waals surface area contributed by atoms with Gasteiger partial charge in [-0.25, -0.2) is 8.42 Å². The molecular weight excluding hydrogens is 332 g/mol. The number of sulfonamides is 1. The van der Waals surface area contributed by atoms with Crippen LogP contribution in [0, 0.1) is 5.92 Å². The quantitative estimate of drug-likeness (QED) is 0.900. The Morgan fingerprint density at radius 2 is 1.78 bits per heavy atom. The number of nitrogens with one attached hydrogen (secondary N) is 1. The second kappa shape index (κ2) is 7.97. The van der Waals surface area contributed by atoms with Crippen molar-refractivity contribution in [1.82, 2.24) is 9.62 Å². The molecule has 2 heterocycles. The fourth-order valence-corrected chi connectivity index (χ4v) is 5.15. The smallest absolute Gasteiger partial charge is 0.243 e. The predicted octanol–water partition coefficient (Wildman–Crippen LogP) is 2.82. The molecule has 0 spiro atoms. The zero-order chi connectivity index (χ0) is 15.6. The Balaban J connectivity index is 0.00000192. The summed E-state index contributed by atoms with van der Waals surface area (Å²) in [6.45, 7) is 4.50. The van der Waals surface area contributed by atoms with E-state index in [9.17, 15) is 8.42 Å². The van der Waals surface area contributed by atoms with Gasteiger partial charge in [-0.15, -0.1) is 12.4 Å². The van der Waals surface area contributed by atoms with Crippen molar-refractivity contribution in [1.29, 1.82) is 0 Å². The fraction of sp³-hybridized carbons (Fsp3) is 0.647. The maximum Gasteiger partial charge on any atom is 0.243 e. The highest BCUT2D eigenvalue weighted by molar-refractivity contribution is 7.89. The number of nitrogens with zero attached hydrogens (tertiary/aromatic N) is 1. The molecular formula is C17H27ClN2O2S. The molecule has 2 aliphatic heterocycles. The maximum absolute atomic E-state index is 12.7. The van der Waals surface area contributed by atoms with Gasteiger partial charge in [0.1, 0.15) is 0 Å². The second-order valence-corrected chi connectivity index (χ2v) is 8.38. The third-order valence-electron chi connectivity index (χ3n) is 5.14. The highest BCUT2D eigenvalue weighted by atomic mass is 35.5. The predicted molar refractivity (Wildman–Crippen MR) is 95.6 cm³/mol. The van der Waals surface area contributed by atoms with Gasteiger partial charge in [0.25, 0.3) is 0 Å². The van der Waals surface area contributed by atoms with Gasteiger partial charge in [-0.1, -0.05) is 19.1 Å². The Kier molecular flexibility index (Phi) is 6.48. The van der Waals surface area contributed by atoms with Crippen LogP contribution >= 0.6 is 12.4 Å². The molecule has 0 bridgehead atoms. The molecule has 2 aliphatic rings. The maximum atomic E-state index is 12.7. The second-order valence-electron chi connectivity index (χ2n) is 6.44. The molecule has 23 heavy (non-hydrogen) atoms. The lowest BCUT2D eigenvalue weighted by Crippen LogP contribution is -2.43. The van der Waals surface area contributed by atoms with Crippen molar-refractivity contribution in [2.75, 3.05) is 19.6 Å². The summed E-state index contributed by atoms with van der Waals surface area (Å²) in [5.74, 6) is 0.636. The van der Waals surface area contributed by atoms with Crippen LogP contribution < -0.4 is 5.32 Å². The SMILES string of the molecule is CCc1ccc(S(=O)(=O)N2CCC(C3CCCN3)CC2)cc1.Cl. The molecule has 2 fully saturated rings. The summed E-state index contributed by atoms with van der Waals surface area (Å²) in [6, 6.07) is 7.94. The molecule has 1 aromatic rings. The first kappa shape index (κ1) is 18.7. The average molecular weight is 359 g/mol. The van der Waals surface area contributed by atoms with Crippen LogP contribution in [0.2, 0.25) is 0 Å². The van der Waals surface area contributed by atoms with Crippen molar-refractivity contribution in [3.05, 3.63) is 29.8 Å². The van der Waals surface area contributed by atoms with Gasteiger partial charge >= 0.3 is 0 Å². The molecule has 1 unspecified atom stereocenters. The minimum atomic E-state index is -3.32. The van der Waals surface area contributed by atoms with Crippen molar-refractivity contribution in [3.8, 4) is 0 Å². The van der Waals surface area contributed by atoms with E-state index in [1.807, 2.05) is 12.1 Å². The molecule has 6 heteroatoms. The van der Waals surface area contributed by atoms with E-state index >= 15 is 0 Å². The largest absolute Gasteiger partial charge is 0.314 e. The normalized spacial score (nSPS) is 23.6. The summed E-state index contributed by atoms with van der Waals surface area (Å²) in [7, 11) is -3.32. The fourth-order valence-electron chi connectivity index (χ4n) is 3.68. The van der Waals surface area contributed by atoms with Crippen molar-refractivity contribution in [2.45, 2.75) is 50.0 Å². The van der Waals surface area contributed by atoms with Crippen LogP contribution in [0.15, 0.2) is 29.2 Å². The monoisotopic (exact) mass is 358 g/mol. The zero-order valence-corrected chi connectivity index (χ0v) is 15.3. The van der Waals surface area contributed by atoms with Gasteiger partial charge in [0.2, 0.25) is 10.0 Å². The summed E-state index contributed by atoms with van der Waals surface area (Å²) in [5, 5.41) is 3.56. The van der Waals surface area contributed by atoms with E-state index in [2.05, 4.69) is 12.2 Å². The topological polar surface area (TPSA) is 49.4 Å². The van der Waals surface area contributed by atoms with Crippen molar-refractivity contribution in [2.24, 2.45) is 5.92 Å². The lowest BCUT2D eigenvalue weighted by Gasteiger charge is -2.34. The van der Waals surface area contributed by atoms with Crippen LogP contribution in [0.1, 0.15) is 38.2 Å². The van der Waals surface area contributed by atoms with E-state index in [1.165, 1.54) is 18.4 Å². The summed E-state index contributed by atoms with van der Waals surface area (Å²) in [6.07, 6.45) is 5.39. The highest BCUT2D eigenvalue weighted by Gasteiger charge is 2.33. The molecule has 1 N–H and O–H groups in total. The molecule has 2 saturated heterocycles. The van der Waals surface area contributed by atoms with Gasteiger partial charge in [-0.3, -0.25) is 0 Å². The minimum absolute atomic E-state index is 0. The molecule has 1 atom stereocenters. The third-order valence-corrected chi connectivity index (χ3v) is 7.05. The van der Waals surface area contributed by atoms with Crippen LogP contribution in [0.4, 0.5) is 0 Å². The van der Waals surface area contributed by atoms with Gasteiger partial charge in [0.05, 0.1) is 4.90 Å². The number of halogens is 1. The molecule has 0 saturated carbocycles. The summed E-state index contributed by atoms with van der Waals surface area (Å²) >= 11 is 0. The van der Waals surface area contributed by atoms with Crippen LogP contribution in [-0.2, 0) is 16.4 Å². The number of aryl methyl sites for hydroxylation is 1. The zero-order valence-electron chi connectivity index (χ0n) is 13.7. The van der Waals surface area contributed by atoms with Crippen LogP contribution in [0.25, 0.3) is 0 Å². The average Bonchev–Trinajstić information content (AvgIpc) is 3.09. The molecule has 4 nitrogen and oxygen atoms in total. The van der Waals surface area contributed by atoms with E-state index in [0.29, 0.717) is 29.9 Å². The minimum Gasteiger partial charge on any atom is -0.314 e. The lowest BCUT2D eigenvalue weighted by atomic mass is 9.89. The van der Waals surface area contributed by atoms with Gasteiger partial charge in [0.15, 0.2) is 0 Å². The van der Waals surface area contributed by atoms with E-state index < -0.39 is 10.0 Å². The molecule has 0 radical (unpaired) electrons. The first-order valence-corrected chi connectivity index (χ1v) is 9.87. The van der Waals surface area contributed by atoms with Crippen LogP contribution in [0.3, 0.4) is 0 Å². The van der Waals surface area contributed by atoms with Gasteiger partial charge in [-0.05, 0) is 62.3 Å². The summed E-state index contributed by atoms with van der Waals surface area (Å²) in [5.41, 5.74) is 1.17. The Hall–Kier alpha value is -0.620. The van der Waals surface area contributed by atoms with Gasteiger partial charge < -0.3 is 5.32 Å². The van der Waals surface area contributed by atoms with Crippen LogP contribution in [-0.4, -0.2) is 38.4 Å². The Labute approximate surface area is 146 Å². The number of benzene rings is 1. The van der Waals surface area contributed by atoms with E-state index in [-0.39, 0.29) is 12.4 Å². The summed E-state index contributed by atoms with van der Waals surface area (Å²) < 4.78 is 27.1. The molecule has 130 valence electrons. The van der Waals surface area contributed by atoms with E-state index in [1.54, 1.807) is 16.4 Å². The highest BCUT2D eigenvalue weighted by Crippen LogP contribution is 2.28. The van der Waals surface area contributed by atoms with Crippen LogP contribution in [0.5, 0.6) is 0 Å². The van der Waals surface area contributed by atoms with Crippen molar-refractivity contribution < 1.29 is 8.42 Å². The Morgan fingerprint density at radius 1 is 1.13 bits per heavy atom. The number of piperidine rings is 1. The molecule has 0 amide bonds. The van der Waals surface area contributed by atoms with E-state index in [4.69, 9.17) is 0 Å². The Bertz CT molecular complexity index is 590. The molecule has 0 aliphatic carbocycles. The Morgan fingerprint density at radius 3 is 2.30 bits per heavy atom. The van der Waals surface area contributed by atoms with Gasteiger partial charge in [-0.2, -0.15) is 4.31 Å². The molecule has 3 rings (SSSR count). The first-order valence-electron chi connectivity index (χ1n) is 8.43. The number of hydrogen-bond donors (Lipinski definition) is 1. The van der Waals surface area contributed by atoms with Gasteiger partial charge in [0, 0.05) is 19.1 Å². The molecule has 1 aromatic carbocycles. The summed E-state index contributed by atoms with van der Waals surface area (Å²) in [4.78, 5) is 0.433. The molecule has 0 aromatic heterocycles. The van der Waals surface area contributed by atoms with E-state index in [0.717, 1.165) is 25.8 Å². The van der Waals surface area contributed by atoms with Crippen molar-refractivity contribution >= 4 is 22.4 Å². The number of rotatable bonds is 4. The lowest BCUT2D eigenvalue weighted by molar-refractivity contribution is 0.234. The first-order chi connectivity index (χ1) is 10.6. The number of hydrogen-bond acceptors (Lipinski definition) is 3. The standard InChI is InChI=1S/C17H26N2O2S.ClH/c1-2-14-5-7-16(8-6-14)22(20,21)19-12-9-15(10-13-19)17-4-3-11-18-17;/h5-8,15,17-18H,2-4,9-13H2,1H3;1H. The van der Waals surface area contributed by atoms with Crippen molar-refractivity contribution in [3.63, 3.8) is 0 Å². The third kappa shape index (κ3) is 4.08.